The number of halogens is 4. The highest BCUT2D eigenvalue weighted by Crippen LogP contribution is 2.43. The second-order valence-electron chi connectivity index (χ2n) is 6.21. The van der Waals surface area contributed by atoms with Gasteiger partial charge in [-0.1, -0.05) is 28.8 Å². The molecule has 0 spiro atoms. The van der Waals surface area contributed by atoms with E-state index in [9.17, 15) is 13.2 Å². The average molecular weight is 393 g/mol. The van der Waals surface area contributed by atoms with Crippen LogP contribution in [-0.2, 0) is 0 Å². The molecule has 1 saturated heterocycles. The summed E-state index contributed by atoms with van der Waals surface area (Å²) in [4.78, 5) is 2.28. The summed E-state index contributed by atoms with van der Waals surface area (Å²) in [5, 5.41) is 3.29. The molecule has 0 aromatic heterocycles. The lowest BCUT2D eigenvalue weighted by molar-refractivity contribution is -0.275. The van der Waals surface area contributed by atoms with E-state index in [0.29, 0.717) is 11.5 Å². The first-order valence-corrected chi connectivity index (χ1v) is 8.71. The summed E-state index contributed by atoms with van der Waals surface area (Å²) in [5.74, 6) is 0.539. The molecule has 1 atom stereocenters. The Morgan fingerprint density at radius 2 is 1.96 bits per heavy atom. The van der Waals surface area contributed by atoms with Crippen LogP contribution in [0.4, 0.5) is 13.2 Å². The summed E-state index contributed by atoms with van der Waals surface area (Å²) in [7, 11) is 0. The number of rotatable bonds is 5. The average Bonchev–Trinajstić information content (AvgIpc) is 3.30. The van der Waals surface area contributed by atoms with E-state index in [1.54, 1.807) is 12.1 Å². The molecule has 1 aromatic rings. The van der Waals surface area contributed by atoms with Gasteiger partial charge < -0.3 is 10.1 Å². The molecule has 1 saturated carbocycles. The molecule has 3 nitrogen and oxygen atoms in total. The highest BCUT2D eigenvalue weighted by molar-refractivity contribution is 9.10. The van der Waals surface area contributed by atoms with Crippen molar-refractivity contribution in [3.63, 3.8) is 0 Å². The van der Waals surface area contributed by atoms with Crippen molar-refractivity contribution in [2.75, 3.05) is 26.2 Å². The van der Waals surface area contributed by atoms with Crippen molar-refractivity contribution < 1.29 is 17.9 Å². The van der Waals surface area contributed by atoms with Crippen molar-refractivity contribution in [1.29, 1.82) is 0 Å². The predicted octanol–water partition coefficient (Wildman–Crippen LogP) is 4.09. The summed E-state index contributed by atoms with van der Waals surface area (Å²) >= 11 is 3.38. The minimum Gasteiger partial charge on any atom is -0.405 e. The zero-order valence-electron chi connectivity index (χ0n) is 12.7. The summed E-state index contributed by atoms with van der Waals surface area (Å²) < 4.78 is 43.3. The number of ether oxygens (including phenoxy) is 1. The van der Waals surface area contributed by atoms with Crippen molar-refractivity contribution in [3.8, 4) is 5.75 Å². The Kier molecular flexibility index (Phi) is 5.18. The molecular formula is C16H20BrF3N2O. The van der Waals surface area contributed by atoms with E-state index in [0.717, 1.165) is 37.1 Å². The van der Waals surface area contributed by atoms with Gasteiger partial charge in [0, 0.05) is 42.3 Å². The van der Waals surface area contributed by atoms with Gasteiger partial charge in [0.05, 0.1) is 0 Å². The maximum atomic E-state index is 12.7. The minimum absolute atomic E-state index is 0.0283. The van der Waals surface area contributed by atoms with E-state index in [2.05, 4.69) is 30.9 Å². The van der Waals surface area contributed by atoms with Gasteiger partial charge in [-0.2, -0.15) is 0 Å². The van der Waals surface area contributed by atoms with Crippen molar-refractivity contribution >= 4 is 15.9 Å². The highest BCUT2D eigenvalue weighted by atomic mass is 79.9. The molecule has 1 aliphatic heterocycles. The van der Waals surface area contributed by atoms with E-state index >= 15 is 0 Å². The van der Waals surface area contributed by atoms with Crippen LogP contribution in [0.2, 0.25) is 0 Å². The predicted molar refractivity (Wildman–Crippen MR) is 85.3 cm³/mol. The fraction of sp³-hybridized carbons (Fsp3) is 0.625. The van der Waals surface area contributed by atoms with Crippen molar-refractivity contribution in [2.45, 2.75) is 31.7 Å². The van der Waals surface area contributed by atoms with Gasteiger partial charge in [-0.05, 0) is 30.5 Å². The first kappa shape index (κ1) is 17.0. The molecule has 128 valence electrons. The first-order valence-electron chi connectivity index (χ1n) is 7.92. The monoisotopic (exact) mass is 392 g/mol. The molecule has 3 rings (SSSR count). The van der Waals surface area contributed by atoms with Crippen LogP contribution >= 0.6 is 15.9 Å². The molecule has 1 N–H and O–H groups in total. The summed E-state index contributed by atoms with van der Waals surface area (Å²) in [6.07, 6.45) is -1.43. The normalized spacial score (nSPS) is 21.2. The number of hydrogen-bond donors (Lipinski definition) is 1. The molecule has 1 heterocycles. The lowest BCUT2D eigenvalue weighted by Crippen LogP contribution is -2.45. The standard InChI is InChI=1S/C16H20BrF3N2O/c17-12-3-4-15(23-16(18,19)20)13(10-12)14(9-11-1-2-11)22-7-5-21-6-8-22/h3-4,10-11,14,21H,1-2,5-9H2/t14-/m1/s1. The van der Waals surface area contributed by atoms with Crippen LogP contribution in [0.5, 0.6) is 5.75 Å². The Labute approximate surface area is 142 Å². The third-order valence-corrected chi connectivity index (χ3v) is 4.90. The Bertz CT molecular complexity index is 543. The van der Waals surface area contributed by atoms with E-state index < -0.39 is 6.36 Å². The lowest BCUT2D eigenvalue weighted by Gasteiger charge is -2.36. The fourth-order valence-corrected chi connectivity index (χ4v) is 3.51. The van der Waals surface area contributed by atoms with Gasteiger partial charge in [-0.3, -0.25) is 4.90 Å². The number of alkyl halides is 3. The minimum atomic E-state index is -4.67. The second-order valence-corrected chi connectivity index (χ2v) is 7.13. The Balaban J connectivity index is 1.91. The van der Waals surface area contributed by atoms with E-state index in [1.807, 2.05) is 0 Å². The van der Waals surface area contributed by atoms with Crippen molar-refractivity contribution in [3.05, 3.63) is 28.2 Å². The van der Waals surface area contributed by atoms with Gasteiger partial charge in [0.25, 0.3) is 0 Å². The molecule has 0 unspecified atom stereocenters. The fourth-order valence-electron chi connectivity index (χ4n) is 3.13. The molecule has 1 aromatic carbocycles. The van der Waals surface area contributed by atoms with E-state index in [4.69, 9.17) is 0 Å². The van der Waals surface area contributed by atoms with Crippen molar-refractivity contribution in [1.82, 2.24) is 10.2 Å². The van der Waals surface area contributed by atoms with Crippen LogP contribution in [-0.4, -0.2) is 37.4 Å². The van der Waals surface area contributed by atoms with E-state index in [-0.39, 0.29) is 11.8 Å². The van der Waals surface area contributed by atoms with Gasteiger partial charge in [0.1, 0.15) is 5.75 Å². The van der Waals surface area contributed by atoms with Crippen LogP contribution < -0.4 is 10.1 Å². The number of nitrogens with one attached hydrogen (secondary N) is 1. The van der Waals surface area contributed by atoms with Crippen LogP contribution in [0.25, 0.3) is 0 Å². The topological polar surface area (TPSA) is 24.5 Å². The molecular weight excluding hydrogens is 373 g/mol. The van der Waals surface area contributed by atoms with Gasteiger partial charge in [0.15, 0.2) is 0 Å². The van der Waals surface area contributed by atoms with Gasteiger partial charge in [0.2, 0.25) is 0 Å². The molecule has 0 bridgehead atoms. The smallest absolute Gasteiger partial charge is 0.405 e. The summed E-state index contributed by atoms with van der Waals surface area (Å²) in [6, 6.07) is 4.75. The SMILES string of the molecule is FC(F)(F)Oc1ccc(Br)cc1[C@@H](CC1CC1)N1CCNCC1. The third-order valence-electron chi connectivity index (χ3n) is 4.40. The summed E-state index contributed by atoms with van der Waals surface area (Å²) in [5.41, 5.74) is 0.630. The highest BCUT2D eigenvalue weighted by Gasteiger charge is 2.36. The molecule has 2 fully saturated rings. The van der Waals surface area contributed by atoms with Crippen molar-refractivity contribution in [2.24, 2.45) is 5.92 Å². The van der Waals surface area contributed by atoms with Crippen LogP contribution in [0, 0.1) is 5.92 Å². The number of nitrogens with zero attached hydrogens (tertiary/aromatic N) is 1. The Morgan fingerprint density at radius 1 is 1.26 bits per heavy atom. The maximum absolute atomic E-state index is 12.7. The van der Waals surface area contributed by atoms with Crippen LogP contribution in [0.3, 0.4) is 0 Å². The molecule has 23 heavy (non-hydrogen) atoms. The van der Waals surface area contributed by atoms with Gasteiger partial charge >= 0.3 is 6.36 Å². The first-order chi connectivity index (χ1) is 10.9. The Hall–Kier alpha value is -0.790. The Morgan fingerprint density at radius 3 is 2.57 bits per heavy atom. The largest absolute Gasteiger partial charge is 0.573 e. The summed E-state index contributed by atoms with van der Waals surface area (Å²) in [6.45, 7) is 3.42. The molecule has 7 heteroatoms. The van der Waals surface area contributed by atoms with Gasteiger partial charge in [-0.15, -0.1) is 13.2 Å². The molecule has 0 amide bonds. The molecule has 1 aliphatic carbocycles. The van der Waals surface area contributed by atoms with E-state index in [1.165, 1.54) is 18.9 Å². The maximum Gasteiger partial charge on any atom is 0.573 e. The number of hydrogen-bond acceptors (Lipinski definition) is 3. The van der Waals surface area contributed by atoms with Crippen LogP contribution in [0.1, 0.15) is 30.9 Å². The van der Waals surface area contributed by atoms with Crippen LogP contribution in [0.15, 0.2) is 22.7 Å². The zero-order chi connectivity index (χ0) is 16.4. The van der Waals surface area contributed by atoms with Gasteiger partial charge in [-0.25, -0.2) is 0 Å². The second kappa shape index (κ2) is 6.99. The zero-order valence-corrected chi connectivity index (χ0v) is 14.3. The quantitative estimate of drug-likeness (QED) is 0.816. The molecule has 2 aliphatic rings. The number of benzene rings is 1. The lowest BCUT2D eigenvalue weighted by atomic mass is 9.97. The molecule has 0 radical (unpaired) electrons. The third kappa shape index (κ3) is 4.84. The number of piperazine rings is 1.